The maximum Gasteiger partial charge on any atom is 0.263 e. The average Bonchev–Trinajstić information content (AvgIpc) is 3.02. The summed E-state index contributed by atoms with van der Waals surface area (Å²) in [6, 6.07) is 14.7. The van der Waals surface area contributed by atoms with E-state index >= 15 is 0 Å². The highest BCUT2D eigenvalue weighted by Gasteiger charge is 2.18. The Morgan fingerprint density at radius 1 is 1.04 bits per heavy atom. The fourth-order valence-electron chi connectivity index (χ4n) is 2.31. The van der Waals surface area contributed by atoms with Crippen LogP contribution in [0.1, 0.15) is 11.4 Å². The highest BCUT2D eigenvalue weighted by atomic mass is 32.2. The van der Waals surface area contributed by atoms with E-state index in [9.17, 15) is 8.42 Å². The summed E-state index contributed by atoms with van der Waals surface area (Å²) >= 11 is 0. The second kappa shape index (κ2) is 5.89. The van der Waals surface area contributed by atoms with Crippen LogP contribution in [-0.2, 0) is 10.0 Å². The predicted octanol–water partition coefficient (Wildman–Crippen LogP) is 3.49. The summed E-state index contributed by atoms with van der Waals surface area (Å²) in [5.41, 5.74) is 3.66. The molecule has 0 spiro atoms. The predicted molar refractivity (Wildman–Crippen MR) is 90.7 cm³/mol. The van der Waals surface area contributed by atoms with Crippen LogP contribution in [0.3, 0.4) is 0 Å². The van der Waals surface area contributed by atoms with Crippen LogP contribution in [0.25, 0.3) is 11.3 Å². The summed E-state index contributed by atoms with van der Waals surface area (Å²) in [5.74, 6) is 0. The molecule has 0 aliphatic heterocycles. The smallest absolute Gasteiger partial charge is 0.263 e. The summed E-state index contributed by atoms with van der Waals surface area (Å²) in [4.78, 5) is 7.46. The van der Waals surface area contributed by atoms with Gasteiger partial charge in [-0.25, -0.2) is 8.42 Å². The van der Waals surface area contributed by atoms with Gasteiger partial charge in [-0.15, -0.1) is 0 Å². The number of benzene rings is 1. The number of rotatable bonds is 4. The van der Waals surface area contributed by atoms with Crippen LogP contribution in [0.4, 0.5) is 5.69 Å². The third-order valence-electron chi connectivity index (χ3n) is 3.52. The molecule has 0 aliphatic carbocycles. The number of aromatic amines is 1. The Labute approximate surface area is 135 Å². The molecule has 0 bridgehead atoms. The number of anilines is 1. The van der Waals surface area contributed by atoms with Crippen molar-refractivity contribution in [3.05, 3.63) is 66.1 Å². The van der Waals surface area contributed by atoms with Crippen molar-refractivity contribution in [3.63, 3.8) is 0 Å². The first-order chi connectivity index (χ1) is 11.0. The molecule has 0 radical (unpaired) electrons. The second-order valence-corrected chi connectivity index (χ2v) is 6.99. The lowest BCUT2D eigenvalue weighted by molar-refractivity contribution is 0.601. The second-order valence-electron chi connectivity index (χ2n) is 5.31. The van der Waals surface area contributed by atoms with Gasteiger partial charge in [0.25, 0.3) is 10.0 Å². The van der Waals surface area contributed by atoms with Crippen LogP contribution < -0.4 is 4.72 Å². The maximum atomic E-state index is 12.5. The molecule has 0 amide bonds. The minimum absolute atomic E-state index is 0.191. The molecule has 3 rings (SSSR count). The number of nitrogens with zero attached hydrogens (tertiary/aromatic N) is 1. The van der Waals surface area contributed by atoms with E-state index in [1.165, 1.54) is 6.20 Å². The molecule has 0 unspecified atom stereocenters. The molecule has 2 heterocycles. The van der Waals surface area contributed by atoms with Gasteiger partial charge in [0.1, 0.15) is 4.90 Å². The molecule has 0 aliphatic rings. The van der Waals surface area contributed by atoms with Crippen molar-refractivity contribution < 1.29 is 8.42 Å². The zero-order chi connectivity index (χ0) is 16.4. The monoisotopic (exact) mass is 327 g/mol. The molecule has 2 N–H and O–H groups in total. The van der Waals surface area contributed by atoms with Gasteiger partial charge in [0, 0.05) is 17.6 Å². The van der Waals surface area contributed by atoms with Gasteiger partial charge in [0.15, 0.2) is 0 Å². The molecule has 0 fully saturated rings. The number of hydrogen-bond donors (Lipinski definition) is 2. The first-order valence-corrected chi connectivity index (χ1v) is 8.65. The van der Waals surface area contributed by atoms with E-state index in [4.69, 9.17) is 0 Å². The number of H-pyrrole nitrogens is 1. The number of pyridine rings is 1. The minimum Gasteiger partial charge on any atom is -0.360 e. The quantitative estimate of drug-likeness (QED) is 0.770. The molecular weight excluding hydrogens is 310 g/mol. The zero-order valence-electron chi connectivity index (χ0n) is 12.9. The lowest BCUT2D eigenvalue weighted by Gasteiger charge is -2.09. The van der Waals surface area contributed by atoms with Crippen molar-refractivity contribution in [3.8, 4) is 11.3 Å². The third kappa shape index (κ3) is 3.27. The van der Waals surface area contributed by atoms with Gasteiger partial charge in [-0.1, -0.05) is 30.3 Å². The normalized spacial score (nSPS) is 11.4. The Balaban J connectivity index is 1.90. The first-order valence-electron chi connectivity index (χ1n) is 7.16. The van der Waals surface area contributed by atoms with E-state index in [2.05, 4.69) is 14.7 Å². The standard InChI is InChI=1S/C17H17N3O2S/c1-12-8-9-16(13(2)19-12)20-23(21,22)15-10-17(18-11-15)14-6-4-3-5-7-14/h3-11,18,20H,1-2H3. The van der Waals surface area contributed by atoms with Crippen molar-refractivity contribution in [2.24, 2.45) is 0 Å². The average molecular weight is 327 g/mol. The number of sulfonamides is 1. The van der Waals surface area contributed by atoms with Gasteiger partial charge >= 0.3 is 0 Å². The van der Waals surface area contributed by atoms with E-state index in [1.54, 1.807) is 25.1 Å². The van der Waals surface area contributed by atoms with Crippen LogP contribution in [0.5, 0.6) is 0 Å². The first kappa shape index (κ1) is 15.3. The number of nitrogens with one attached hydrogen (secondary N) is 2. The van der Waals surface area contributed by atoms with E-state index in [-0.39, 0.29) is 4.90 Å². The zero-order valence-corrected chi connectivity index (χ0v) is 13.7. The number of aryl methyl sites for hydroxylation is 2. The fraction of sp³-hybridized carbons (Fsp3) is 0.118. The van der Waals surface area contributed by atoms with E-state index < -0.39 is 10.0 Å². The fourth-order valence-corrected chi connectivity index (χ4v) is 3.42. The minimum atomic E-state index is -3.66. The Morgan fingerprint density at radius 2 is 1.78 bits per heavy atom. The van der Waals surface area contributed by atoms with E-state index in [0.29, 0.717) is 11.4 Å². The molecule has 5 nitrogen and oxygen atoms in total. The van der Waals surface area contributed by atoms with Crippen LogP contribution in [0, 0.1) is 13.8 Å². The van der Waals surface area contributed by atoms with Gasteiger partial charge in [0.05, 0.1) is 11.4 Å². The van der Waals surface area contributed by atoms with E-state index in [0.717, 1.165) is 17.0 Å². The third-order valence-corrected chi connectivity index (χ3v) is 4.87. The topological polar surface area (TPSA) is 74.8 Å². The molecule has 2 aromatic heterocycles. The lowest BCUT2D eigenvalue weighted by Crippen LogP contribution is -2.13. The summed E-state index contributed by atoms with van der Waals surface area (Å²) in [6.07, 6.45) is 1.49. The number of hydrogen-bond acceptors (Lipinski definition) is 3. The maximum absolute atomic E-state index is 12.5. The van der Waals surface area contributed by atoms with Gasteiger partial charge in [0.2, 0.25) is 0 Å². The van der Waals surface area contributed by atoms with Crippen LogP contribution in [-0.4, -0.2) is 18.4 Å². The van der Waals surface area contributed by atoms with Crippen LogP contribution in [0.15, 0.2) is 59.6 Å². The van der Waals surface area contributed by atoms with Crippen molar-refractivity contribution in [1.29, 1.82) is 0 Å². The Hall–Kier alpha value is -2.60. The summed E-state index contributed by atoms with van der Waals surface area (Å²) < 4.78 is 27.6. The SMILES string of the molecule is Cc1ccc(NS(=O)(=O)c2c[nH]c(-c3ccccc3)c2)c(C)n1. The van der Waals surface area contributed by atoms with Gasteiger partial charge in [-0.2, -0.15) is 0 Å². The van der Waals surface area contributed by atoms with Crippen LogP contribution in [0.2, 0.25) is 0 Å². The Bertz CT molecular complexity index is 931. The Kier molecular flexibility index (Phi) is 3.92. The van der Waals surface area contributed by atoms with E-state index in [1.807, 2.05) is 37.3 Å². The van der Waals surface area contributed by atoms with Crippen molar-refractivity contribution >= 4 is 15.7 Å². The molecule has 0 saturated heterocycles. The molecule has 23 heavy (non-hydrogen) atoms. The summed E-state index contributed by atoms with van der Waals surface area (Å²) in [6.45, 7) is 3.64. The molecule has 0 saturated carbocycles. The lowest BCUT2D eigenvalue weighted by atomic mass is 10.2. The molecule has 6 heteroatoms. The van der Waals surface area contributed by atoms with Gasteiger partial charge in [-0.05, 0) is 37.6 Å². The highest BCUT2D eigenvalue weighted by molar-refractivity contribution is 7.92. The Morgan fingerprint density at radius 3 is 2.48 bits per heavy atom. The van der Waals surface area contributed by atoms with Crippen molar-refractivity contribution in [2.75, 3.05) is 4.72 Å². The summed E-state index contributed by atoms with van der Waals surface area (Å²) in [5, 5.41) is 0. The summed E-state index contributed by atoms with van der Waals surface area (Å²) in [7, 11) is -3.66. The number of aromatic nitrogens is 2. The van der Waals surface area contributed by atoms with Crippen molar-refractivity contribution in [1.82, 2.24) is 9.97 Å². The largest absolute Gasteiger partial charge is 0.360 e. The van der Waals surface area contributed by atoms with Crippen LogP contribution >= 0.6 is 0 Å². The highest BCUT2D eigenvalue weighted by Crippen LogP contribution is 2.23. The van der Waals surface area contributed by atoms with Gasteiger partial charge in [-0.3, -0.25) is 9.71 Å². The van der Waals surface area contributed by atoms with Crippen molar-refractivity contribution in [2.45, 2.75) is 18.7 Å². The molecule has 0 atom stereocenters. The molecule has 118 valence electrons. The molecule has 1 aromatic carbocycles. The molecule has 3 aromatic rings. The molecular formula is C17H17N3O2S. The van der Waals surface area contributed by atoms with Gasteiger partial charge < -0.3 is 4.98 Å².